The second kappa shape index (κ2) is 7.34. The summed E-state index contributed by atoms with van der Waals surface area (Å²) in [4.78, 5) is 25.6. The molecule has 0 aromatic heterocycles. The van der Waals surface area contributed by atoms with Crippen LogP contribution in [0.1, 0.15) is 58.6 Å². The number of aliphatic carboxylic acids is 1. The summed E-state index contributed by atoms with van der Waals surface area (Å²) in [6.07, 6.45) is 3.99. The molecule has 1 unspecified atom stereocenters. The van der Waals surface area contributed by atoms with Gasteiger partial charge in [0.25, 0.3) is 5.91 Å². The van der Waals surface area contributed by atoms with E-state index in [0.717, 1.165) is 48.9 Å². The van der Waals surface area contributed by atoms with Gasteiger partial charge in [-0.05, 0) is 42.0 Å². The molecule has 0 bridgehead atoms. The number of rotatable bonds is 5. The van der Waals surface area contributed by atoms with Gasteiger partial charge in [-0.3, -0.25) is 9.59 Å². The van der Waals surface area contributed by atoms with Crippen molar-refractivity contribution in [2.45, 2.75) is 44.7 Å². The minimum Gasteiger partial charge on any atom is -0.481 e. The maximum atomic E-state index is 13.9. The molecule has 28 heavy (non-hydrogen) atoms. The van der Waals surface area contributed by atoms with Gasteiger partial charge in [-0.15, -0.1) is 0 Å². The van der Waals surface area contributed by atoms with Crippen LogP contribution in [0.15, 0.2) is 36.4 Å². The highest BCUT2D eigenvalue weighted by Crippen LogP contribution is 2.37. The maximum absolute atomic E-state index is 13.9. The third kappa shape index (κ3) is 3.28. The van der Waals surface area contributed by atoms with E-state index in [-0.39, 0.29) is 30.1 Å². The number of carbonyl (C=O) groups is 2. The Kier molecular flexibility index (Phi) is 4.87. The van der Waals surface area contributed by atoms with Gasteiger partial charge in [0, 0.05) is 12.1 Å². The van der Waals surface area contributed by atoms with E-state index >= 15 is 0 Å². The van der Waals surface area contributed by atoms with Crippen molar-refractivity contribution in [3.63, 3.8) is 0 Å². The molecule has 6 heteroatoms. The molecule has 2 aromatic rings. The first-order valence-corrected chi connectivity index (χ1v) is 9.53. The summed E-state index contributed by atoms with van der Waals surface area (Å²) in [5.41, 5.74) is 1.45. The number of nitrogens with zero attached hydrogens (tertiary/aromatic N) is 1. The molecule has 0 saturated heterocycles. The zero-order valence-corrected chi connectivity index (χ0v) is 15.3. The molecule has 1 aliphatic carbocycles. The average molecular weight is 385 g/mol. The molecule has 1 saturated carbocycles. The summed E-state index contributed by atoms with van der Waals surface area (Å²) in [5.74, 6) is -2.98. The van der Waals surface area contributed by atoms with E-state index in [2.05, 4.69) is 0 Å². The fraction of sp³-hybridized carbons (Fsp3) is 0.364. The third-order valence-electron chi connectivity index (χ3n) is 5.90. The van der Waals surface area contributed by atoms with Gasteiger partial charge in [-0.1, -0.05) is 37.1 Å². The SMILES string of the molecule is O=C(O)C(c1ccc(CN2Cc3c(F)ccc(F)c3C2=O)cc1)C1CCCC1. The second-order valence-electron chi connectivity index (χ2n) is 7.65. The summed E-state index contributed by atoms with van der Waals surface area (Å²) in [6, 6.07) is 9.18. The monoisotopic (exact) mass is 385 g/mol. The molecule has 2 aliphatic rings. The zero-order chi connectivity index (χ0) is 19.8. The molecule has 1 atom stereocenters. The van der Waals surface area contributed by atoms with Crippen molar-refractivity contribution in [3.8, 4) is 0 Å². The van der Waals surface area contributed by atoms with E-state index in [1.807, 2.05) is 0 Å². The smallest absolute Gasteiger partial charge is 0.311 e. The third-order valence-corrected chi connectivity index (χ3v) is 5.90. The Labute approximate surface area is 161 Å². The van der Waals surface area contributed by atoms with Crippen LogP contribution < -0.4 is 0 Å². The van der Waals surface area contributed by atoms with E-state index in [1.165, 1.54) is 4.90 Å². The number of amides is 1. The molecule has 146 valence electrons. The number of halogens is 2. The normalized spacial score (nSPS) is 17.8. The van der Waals surface area contributed by atoms with Crippen molar-refractivity contribution in [1.82, 2.24) is 4.90 Å². The number of carboxylic acid groups (broad SMARTS) is 1. The van der Waals surface area contributed by atoms with Crippen LogP contribution >= 0.6 is 0 Å². The summed E-state index contributed by atoms with van der Waals surface area (Å²) in [7, 11) is 0. The van der Waals surface area contributed by atoms with Crippen LogP contribution in [-0.2, 0) is 17.9 Å². The largest absolute Gasteiger partial charge is 0.481 e. The molecule has 0 spiro atoms. The Morgan fingerprint density at radius 2 is 1.71 bits per heavy atom. The van der Waals surface area contributed by atoms with E-state index < -0.39 is 29.4 Å². The quantitative estimate of drug-likeness (QED) is 0.826. The molecule has 4 nitrogen and oxygen atoms in total. The van der Waals surface area contributed by atoms with Crippen LogP contribution in [0.5, 0.6) is 0 Å². The van der Waals surface area contributed by atoms with Gasteiger partial charge >= 0.3 is 5.97 Å². The lowest BCUT2D eigenvalue weighted by Gasteiger charge is -2.20. The Bertz CT molecular complexity index is 920. The lowest BCUT2D eigenvalue weighted by molar-refractivity contribution is -0.140. The van der Waals surface area contributed by atoms with Crippen LogP contribution in [0.2, 0.25) is 0 Å². The fourth-order valence-corrected chi connectivity index (χ4v) is 4.49. The van der Waals surface area contributed by atoms with E-state index in [1.54, 1.807) is 24.3 Å². The van der Waals surface area contributed by atoms with Gasteiger partial charge in [0.15, 0.2) is 0 Å². The topological polar surface area (TPSA) is 57.6 Å². The van der Waals surface area contributed by atoms with E-state index in [9.17, 15) is 23.5 Å². The van der Waals surface area contributed by atoms with Crippen molar-refractivity contribution in [2.75, 3.05) is 0 Å². The van der Waals surface area contributed by atoms with Crippen LogP contribution in [0, 0.1) is 17.6 Å². The minimum atomic E-state index is -0.809. The summed E-state index contributed by atoms with van der Waals surface area (Å²) >= 11 is 0. The van der Waals surface area contributed by atoms with Crippen molar-refractivity contribution in [2.24, 2.45) is 5.92 Å². The number of carboxylic acids is 1. The highest BCUT2D eigenvalue weighted by atomic mass is 19.1. The molecule has 1 aliphatic heterocycles. The Balaban J connectivity index is 1.51. The Hall–Kier alpha value is -2.76. The van der Waals surface area contributed by atoms with Crippen LogP contribution in [0.4, 0.5) is 8.78 Å². The average Bonchev–Trinajstić information content (AvgIpc) is 3.29. The van der Waals surface area contributed by atoms with Gasteiger partial charge in [-0.2, -0.15) is 0 Å². The van der Waals surface area contributed by atoms with Gasteiger partial charge in [0.2, 0.25) is 0 Å². The molecular weight excluding hydrogens is 364 g/mol. The Morgan fingerprint density at radius 3 is 2.32 bits per heavy atom. The molecule has 1 N–H and O–H groups in total. The van der Waals surface area contributed by atoms with Gasteiger partial charge in [-0.25, -0.2) is 8.78 Å². The first-order chi connectivity index (χ1) is 13.5. The fourth-order valence-electron chi connectivity index (χ4n) is 4.49. The van der Waals surface area contributed by atoms with Crippen LogP contribution in [0.3, 0.4) is 0 Å². The van der Waals surface area contributed by atoms with Crippen molar-refractivity contribution in [3.05, 3.63) is 70.3 Å². The summed E-state index contributed by atoms with van der Waals surface area (Å²) < 4.78 is 27.8. The molecule has 1 amide bonds. The lowest BCUT2D eigenvalue weighted by atomic mass is 9.84. The highest BCUT2D eigenvalue weighted by Gasteiger charge is 2.34. The van der Waals surface area contributed by atoms with Crippen molar-refractivity contribution in [1.29, 1.82) is 0 Å². The zero-order valence-electron chi connectivity index (χ0n) is 15.3. The van der Waals surface area contributed by atoms with Gasteiger partial charge in [0.05, 0.1) is 18.0 Å². The predicted molar refractivity (Wildman–Crippen MR) is 98.7 cm³/mol. The minimum absolute atomic E-state index is 0.0271. The highest BCUT2D eigenvalue weighted by molar-refractivity contribution is 5.98. The van der Waals surface area contributed by atoms with E-state index in [4.69, 9.17) is 0 Å². The number of fused-ring (bicyclic) bond motifs is 1. The molecule has 4 rings (SSSR count). The second-order valence-corrected chi connectivity index (χ2v) is 7.65. The first kappa shape index (κ1) is 18.6. The van der Waals surface area contributed by atoms with E-state index in [0.29, 0.717) is 0 Å². The van der Waals surface area contributed by atoms with Crippen molar-refractivity contribution < 1.29 is 23.5 Å². The molecule has 1 heterocycles. The standard InChI is InChI=1S/C22H21F2NO3/c23-17-9-10-18(24)20-16(17)12-25(21(20)26)11-13-5-7-15(8-6-13)19(22(27)28)14-3-1-2-4-14/h5-10,14,19H,1-4,11-12H2,(H,27,28). The molecular formula is C22H21F2NO3. The lowest BCUT2D eigenvalue weighted by Crippen LogP contribution is -2.24. The summed E-state index contributed by atoms with van der Waals surface area (Å²) in [5, 5.41) is 9.65. The summed E-state index contributed by atoms with van der Waals surface area (Å²) in [6.45, 7) is 0.243. The van der Waals surface area contributed by atoms with Gasteiger partial charge in [0.1, 0.15) is 11.6 Å². The first-order valence-electron chi connectivity index (χ1n) is 9.53. The number of hydrogen-bond acceptors (Lipinski definition) is 2. The molecule has 2 aromatic carbocycles. The number of carbonyl (C=O) groups excluding carboxylic acids is 1. The maximum Gasteiger partial charge on any atom is 0.311 e. The Morgan fingerprint density at radius 1 is 1.07 bits per heavy atom. The molecule has 0 radical (unpaired) electrons. The number of hydrogen-bond donors (Lipinski definition) is 1. The molecule has 1 fully saturated rings. The number of benzene rings is 2. The van der Waals surface area contributed by atoms with Crippen molar-refractivity contribution >= 4 is 11.9 Å². The predicted octanol–water partition coefficient (Wildman–Crippen LogP) is 4.48. The van der Waals surface area contributed by atoms with Crippen LogP contribution in [-0.4, -0.2) is 21.9 Å². The van der Waals surface area contributed by atoms with Gasteiger partial charge < -0.3 is 10.0 Å². The van der Waals surface area contributed by atoms with Crippen LogP contribution in [0.25, 0.3) is 0 Å².